The molecule has 1 saturated heterocycles. The third-order valence-electron chi connectivity index (χ3n) is 10.2. The van der Waals surface area contributed by atoms with Crippen LogP contribution in [-0.4, -0.2) is 56.6 Å². The summed E-state index contributed by atoms with van der Waals surface area (Å²) in [6.45, 7) is 3.20. The Balaban J connectivity index is 1.07. The van der Waals surface area contributed by atoms with Crippen LogP contribution in [-0.2, 0) is 66.2 Å². The second kappa shape index (κ2) is 25.6. The van der Waals surface area contributed by atoms with E-state index in [0.717, 1.165) is 66.3 Å². The minimum atomic E-state index is -0.714. The van der Waals surface area contributed by atoms with Gasteiger partial charge in [0.25, 0.3) is 0 Å². The minimum absolute atomic E-state index is 0.271. The van der Waals surface area contributed by atoms with Gasteiger partial charge in [-0.1, -0.05) is 177 Å². The van der Waals surface area contributed by atoms with Crippen molar-refractivity contribution in [3.05, 3.63) is 179 Å². The van der Waals surface area contributed by atoms with Gasteiger partial charge in [0, 0.05) is 13.2 Å². The van der Waals surface area contributed by atoms with Crippen LogP contribution in [0.15, 0.2) is 152 Å². The van der Waals surface area contributed by atoms with Gasteiger partial charge in [-0.3, -0.25) is 0 Å². The zero-order chi connectivity index (χ0) is 40.6. The van der Waals surface area contributed by atoms with Crippen molar-refractivity contribution in [3.63, 3.8) is 0 Å². The summed E-state index contributed by atoms with van der Waals surface area (Å²) in [6.07, 6.45) is 2.72. The van der Waals surface area contributed by atoms with E-state index in [0.29, 0.717) is 39.6 Å². The van der Waals surface area contributed by atoms with E-state index in [-0.39, 0.29) is 19.3 Å². The third kappa shape index (κ3) is 15.7. The monoisotopic (exact) mass is 801 g/mol. The number of carbonyl (C=O) groups is 1. The summed E-state index contributed by atoms with van der Waals surface area (Å²) in [5.41, 5.74) is 5.20. The Kier molecular flexibility index (Phi) is 18.9. The first kappa shape index (κ1) is 43.7. The van der Waals surface area contributed by atoms with Crippen LogP contribution < -0.4 is 5.32 Å². The van der Waals surface area contributed by atoms with Gasteiger partial charge in [0.15, 0.2) is 6.29 Å². The van der Waals surface area contributed by atoms with Crippen LogP contribution in [0.5, 0.6) is 0 Å². The van der Waals surface area contributed by atoms with Gasteiger partial charge in [-0.25, -0.2) is 4.79 Å². The Morgan fingerprint density at radius 3 is 1.41 bits per heavy atom. The van der Waals surface area contributed by atoms with E-state index in [2.05, 4.69) is 53.8 Å². The highest BCUT2D eigenvalue weighted by Gasteiger charge is 2.49. The fourth-order valence-corrected chi connectivity index (χ4v) is 6.98. The smallest absolute Gasteiger partial charge is 0.407 e. The minimum Gasteiger partial charge on any atom is -0.445 e. The fourth-order valence-electron chi connectivity index (χ4n) is 6.98. The van der Waals surface area contributed by atoms with E-state index in [1.54, 1.807) is 0 Å². The molecule has 1 amide bonds. The molecule has 0 unspecified atom stereocenters. The first-order valence-corrected chi connectivity index (χ1v) is 21.0. The number of hydrogen-bond donors (Lipinski definition) is 1. The Morgan fingerprint density at radius 1 is 0.458 bits per heavy atom. The van der Waals surface area contributed by atoms with Crippen molar-refractivity contribution in [2.24, 2.45) is 0 Å². The molecule has 1 heterocycles. The van der Waals surface area contributed by atoms with E-state index in [9.17, 15) is 4.79 Å². The van der Waals surface area contributed by atoms with Gasteiger partial charge in [-0.2, -0.15) is 0 Å². The molecule has 1 aliphatic rings. The van der Waals surface area contributed by atoms with Crippen LogP contribution >= 0.6 is 0 Å². The second-order valence-corrected chi connectivity index (χ2v) is 14.8. The zero-order valence-electron chi connectivity index (χ0n) is 34.0. The molecule has 1 fully saturated rings. The molecule has 0 bridgehead atoms. The normalized spacial score (nSPS) is 18.9. The highest BCUT2D eigenvalue weighted by atomic mass is 16.7. The van der Waals surface area contributed by atoms with Gasteiger partial charge < -0.3 is 38.5 Å². The second-order valence-electron chi connectivity index (χ2n) is 14.8. The highest BCUT2D eigenvalue weighted by Crippen LogP contribution is 2.32. The first-order chi connectivity index (χ1) is 29.2. The Bertz CT molecular complexity index is 1830. The van der Waals surface area contributed by atoms with Gasteiger partial charge in [-0.05, 0) is 40.7 Å². The van der Waals surface area contributed by atoms with Crippen molar-refractivity contribution in [2.75, 3.05) is 19.8 Å². The molecule has 9 nitrogen and oxygen atoms in total. The molecule has 0 aromatic heterocycles. The number of carbonyl (C=O) groups excluding carboxylic acids is 1. The van der Waals surface area contributed by atoms with E-state index in [4.69, 9.17) is 33.2 Å². The molecule has 0 saturated carbocycles. The molecule has 312 valence electrons. The molecule has 5 aromatic rings. The maximum absolute atomic E-state index is 12.1. The summed E-state index contributed by atoms with van der Waals surface area (Å²) in [5, 5.41) is 2.86. The molecule has 0 aliphatic carbocycles. The quantitative estimate of drug-likeness (QED) is 0.0584. The Labute approximate surface area is 349 Å². The maximum Gasteiger partial charge on any atom is 0.407 e. The lowest BCUT2D eigenvalue weighted by molar-refractivity contribution is -0.328. The molecule has 0 radical (unpaired) electrons. The number of rotatable bonds is 25. The van der Waals surface area contributed by atoms with Crippen molar-refractivity contribution < 1.29 is 38.0 Å². The van der Waals surface area contributed by atoms with Gasteiger partial charge in [0.1, 0.15) is 31.0 Å². The molecule has 0 spiro atoms. The van der Waals surface area contributed by atoms with Crippen molar-refractivity contribution >= 4 is 6.09 Å². The molecule has 59 heavy (non-hydrogen) atoms. The fraction of sp³-hybridized carbons (Fsp3) is 0.380. The summed E-state index contributed by atoms with van der Waals surface area (Å²) < 4.78 is 45.4. The number of amides is 1. The molecule has 1 aliphatic heterocycles. The van der Waals surface area contributed by atoms with Crippen LogP contribution in [0.4, 0.5) is 4.79 Å². The van der Waals surface area contributed by atoms with E-state index < -0.39 is 30.7 Å². The van der Waals surface area contributed by atoms with Crippen molar-refractivity contribution in [3.8, 4) is 0 Å². The number of ether oxygens (including phenoxy) is 7. The molecule has 6 rings (SSSR count). The van der Waals surface area contributed by atoms with Gasteiger partial charge >= 0.3 is 6.09 Å². The summed E-state index contributed by atoms with van der Waals surface area (Å²) in [7, 11) is 0. The molecular weight excluding hydrogens is 743 g/mol. The topological polar surface area (TPSA) is 93.7 Å². The van der Waals surface area contributed by atoms with Gasteiger partial charge in [0.05, 0.1) is 33.0 Å². The summed E-state index contributed by atoms with van der Waals surface area (Å²) in [4.78, 5) is 12.1. The standard InChI is InChI=1S/C50H59NO8/c52-50(58-38-44-30-18-9-19-31-44)51-32-20-3-1-2-4-21-33-54-49-48(57-37-43-28-16-8-17-29-43)47(56-36-42-26-14-7-15-27-42)46(55-35-41-24-12-6-13-25-41)45(59-49)39-53-34-40-22-10-5-11-23-40/h5-19,22-31,45-49H,1-4,20-21,32-39H2,(H,51,52)/t45-,46-,47+,48+,49+/m1/s1. The zero-order valence-corrected chi connectivity index (χ0v) is 34.0. The predicted molar refractivity (Wildman–Crippen MR) is 228 cm³/mol. The Morgan fingerprint density at radius 2 is 0.881 bits per heavy atom. The van der Waals surface area contributed by atoms with Crippen LogP contribution in [0, 0.1) is 0 Å². The predicted octanol–water partition coefficient (Wildman–Crippen LogP) is 9.97. The molecule has 5 aromatic carbocycles. The lowest BCUT2D eigenvalue weighted by Crippen LogP contribution is -2.61. The largest absolute Gasteiger partial charge is 0.445 e. The number of unbranched alkanes of at least 4 members (excludes halogenated alkanes) is 5. The lowest BCUT2D eigenvalue weighted by Gasteiger charge is -2.46. The van der Waals surface area contributed by atoms with Crippen LogP contribution in [0.1, 0.15) is 66.3 Å². The summed E-state index contributed by atoms with van der Waals surface area (Å²) >= 11 is 0. The average molecular weight is 802 g/mol. The average Bonchev–Trinajstić information content (AvgIpc) is 3.29. The number of nitrogens with one attached hydrogen (secondary N) is 1. The number of benzene rings is 5. The van der Waals surface area contributed by atoms with E-state index in [1.807, 2.05) is 103 Å². The number of hydrogen-bond acceptors (Lipinski definition) is 8. The van der Waals surface area contributed by atoms with Crippen molar-refractivity contribution in [1.82, 2.24) is 5.32 Å². The maximum atomic E-state index is 12.1. The summed E-state index contributed by atoms with van der Waals surface area (Å²) in [5.74, 6) is 0. The molecule has 9 heteroatoms. The summed E-state index contributed by atoms with van der Waals surface area (Å²) in [6, 6.07) is 50.2. The lowest BCUT2D eigenvalue weighted by atomic mass is 9.97. The van der Waals surface area contributed by atoms with E-state index in [1.165, 1.54) is 0 Å². The number of alkyl carbamates (subject to hydrolysis) is 1. The molecule has 1 N–H and O–H groups in total. The third-order valence-corrected chi connectivity index (χ3v) is 10.2. The van der Waals surface area contributed by atoms with Crippen LogP contribution in [0.3, 0.4) is 0 Å². The van der Waals surface area contributed by atoms with Gasteiger partial charge in [-0.15, -0.1) is 0 Å². The van der Waals surface area contributed by atoms with Crippen molar-refractivity contribution in [1.29, 1.82) is 0 Å². The van der Waals surface area contributed by atoms with Crippen molar-refractivity contribution in [2.45, 2.75) is 102 Å². The molecule has 5 atom stereocenters. The first-order valence-electron chi connectivity index (χ1n) is 21.0. The van der Waals surface area contributed by atoms with Crippen LogP contribution in [0.25, 0.3) is 0 Å². The van der Waals surface area contributed by atoms with Crippen LogP contribution in [0.2, 0.25) is 0 Å². The van der Waals surface area contributed by atoms with Gasteiger partial charge in [0.2, 0.25) is 0 Å². The molecular formula is C50H59NO8. The SMILES string of the molecule is O=C(NCCCCCCCCO[C@H]1O[C@H](COCc2ccccc2)[C@@H](OCc2ccccc2)[C@H](OCc2ccccc2)[C@@H]1OCc1ccccc1)OCc1ccccc1. The Hall–Kier alpha value is -4.87. The highest BCUT2D eigenvalue weighted by molar-refractivity contribution is 5.67. The van der Waals surface area contributed by atoms with E-state index >= 15 is 0 Å².